The lowest BCUT2D eigenvalue weighted by molar-refractivity contribution is -0.384. The van der Waals surface area contributed by atoms with E-state index in [-0.39, 0.29) is 23.8 Å². The van der Waals surface area contributed by atoms with Gasteiger partial charge in [-0.15, -0.1) is 0 Å². The fourth-order valence-electron chi connectivity index (χ4n) is 1.66. The van der Waals surface area contributed by atoms with E-state index in [0.29, 0.717) is 5.69 Å². The predicted molar refractivity (Wildman–Crippen MR) is 63.5 cm³/mol. The molecule has 18 heavy (non-hydrogen) atoms. The number of benzene rings is 1. The van der Waals surface area contributed by atoms with Crippen molar-refractivity contribution >= 4 is 34.8 Å². The van der Waals surface area contributed by atoms with Gasteiger partial charge in [-0.25, -0.2) is 0 Å². The van der Waals surface area contributed by atoms with Crippen LogP contribution in [-0.2, 0) is 9.59 Å². The van der Waals surface area contributed by atoms with Crippen molar-refractivity contribution in [3.63, 3.8) is 0 Å². The average Bonchev–Trinajstić information content (AvgIpc) is 2.27. The van der Waals surface area contributed by atoms with E-state index < -0.39 is 16.7 Å². The molecular formula is C10H8ClN3O4. The van der Waals surface area contributed by atoms with Gasteiger partial charge in [0.2, 0.25) is 11.8 Å². The molecule has 94 valence electrons. The summed E-state index contributed by atoms with van der Waals surface area (Å²) in [7, 11) is 0. The van der Waals surface area contributed by atoms with E-state index in [0.717, 1.165) is 0 Å². The molecule has 0 aliphatic carbocycles. The molecule has 1 aromatic carbocycles. The van der Waals surface area contributed by atoms with Crippen molar-refractivity contribution in [3.8, 4) is 0 Å². The molecule has 0 bridgehead atoms. The highest BCUT2D eigenvalue weighted by Crippen LogP contribution is 2.29. The molecule has 2 amide bonds. The van der Waals surface area contributed by atoms with E-state index in [1.54, 1.807) is 0 Å². The number of piperazine rings is 1. The number of rotatable bonds is 2. The first-order valence-electron chi connectivity index (χ1n) is 4.99. The molecule has 1 saturated heterocycles. The fourth-order valence-corrected chi connectivity index (χ4v) is 1.84. The molecule has 0 atom stereocenters. The van der Waals surface area contributed by atoms with Gasteiger partial charge in [-0.1, -0.05) is 11.6 Å². The van der Waals surface area contributed by atoms with Gasteiger partial charge in [0, 0.05) is 11.8 Å². The summed E-state index contributed by atoms with van der Waals surface area (Å²) in [6, 6.07) is 4.14. The summed E-state index contributed by atoms with van der Waals surface area (Å²) in [5, 5.41) is 12.9. The van der Waals surface area contributed by atoms with Crippen molar-refractivity contribution in [2.75, 3.05) is 18.0 Å². The van der Waals surface area contributed by atoms with E-state index in [9.17, 15) is 19.7 Å². The lowest BCUT2D eigenvalue weighted by atomic mass is 10.2. The number of hydrogen-bond acceptors (Lipinski definition) is 5. The van der Waals surface area contributed by atoms with Gasteiger partial charge >= 0.3 is 0 Å². The number of nitrogens with zero attached hydrogens (tertiary/aromatic N) is 2. The normalized spacial score (nSPS) is 15.5. The molecule has 1 fully saturated rings. The van der Waals surface area contributed by atoms with Crippen LogP contribution < -0.4 is 10.2 Å². The quantitative estimate of drug-likeness (QED) is 0.485. The van der Waals surface area contributed by atoms with Crippen molar-refractivity contribution in [2.45, 2.75) is 0 Å². The van der Waals surface area contributed by atoms with E-state index in [1.807, 2.05) is 0 Å². The molecule has 1 heterocycles. The van der Waals surface area contributed by atoms with E-state index >= 15 is 0 Å². The third-order valence-corrected chi connectivity index (χ3v) is 2.76. The number of imide groups is 1. The second-order valence-electron chi connectivity index (χ2n) is 3.72. The predicted octanol–water partition coefficient (Wildman–Crippen LogP) is 0.711. The molecular weight excluding hydrogens is 262 g/mol. The number of nitro benzene ring substituents is 1. The Morgan fingerprint density at radius 1 is 1.28 bits per heavy atom. The molecule has 1 aromatic rings. The molecule has 0 saturated carbocycles. The fraction of sp³-hybridized carbons (Fsp3) is 0.200. The van der Waals surface area contributed by atoms with Gasteiger partial charge in [0.15, 0.2) is 0 Å². The molecule has 1 N–H and O–H groups in total. The topological polar surface area (TPSA) is 92.6 Å². The highest BCUT2D eigenvalue weighted by Gasteiger charge is 2.24. The van der Waals surface area contributed by atoms with Crippen LogP contribution in [0, 0.1) is 10.1 Å². The highest BCUT2D eigenvalue weighted by atomic mass is 35.5. The Bertz CT molecular complexity index is 530. The lowest BCUT2D eigenvalue weighted by Gasteiger charge is -2.27. The lowest BCUT2D eigenvalue weighted by Crippen LogP contribution is -2.51. The van der Waals surface area contributed by atoms with Gasteiger partial charge in [0.25, 0.3) is 5.69 Å². The molecule has 1 aliphatic rings. The first kappa shape index (κ1) is 12.3. The van der Waals surface area contributed by atoms with E-state index in [4.69, 9.17) is 11.6 Å². The Labute approximate surface area is 106 Å². The van der Waals surface area contributed by atoms with Gasteiger partial charge in [0.05, 0.1) is 18.0 Å². The van der Waals surface area contributed by atoms with Crippen LogP contribution in [0.15, 0.2) is 18.2 Å². The maximum atomic E-state index is 11.2. The summed E-state index contributed by atoms with van der Waals surface area (Å²) in [5.41, 5.74) is 0.155. The number of nitro groups is 1. The summed E-state index contributed by atoms with van der Waals surface area (Å²) < 4.78 is 0. The number of nitrogens with one attached hydrogen (secondary N) is 1. The largest absolute Gasteiger partial charge is 0.353 e. The van der Waals surface area contributed by atoms with Crippen molar-refractivity contribution in [1.29, 1.82) is 0 Å². The van der Waals surface area contributed by atoms with Gasteiger partial charge in [-0.05, 0) is 12.1 Å². The van der Waals surface area contributed by atoms with Crippen LogP contribution in [0.1, 0.15) is 0 Å². The van der Waals surface area contributed by atoms with Crippen LogP contribution in [0.3, 0.4) is 0 Å². The first-order valence-corrected chi connectivity index (χ1v) is 5.37. The molecule has 1 aliphatic heterocycles. The zero-order valence-corrected chi connectivity index (χ0v) is 9.81. The third-order valence-electron chi connectivity index (χ3n) is 2.44. The molecule has 0 radical (unpaired) electrons. The Hall–Kier alpha value is -2.15. The second kappa shape index (κ2) is 4.61. The molecule has 0 spiro atoms. The Kier molecular flexibility index (Phi) is 3.15. The second-order valence-corrected chi connectivity index (χ2v) is 4.13. The van der Waals surface area contributed by atoms with Crippen LogP contribution in [-0.4, -0.2) is 29.8 Å². The Morgan fingerprint density at radius 3 is 2.44 bits per heavy atom. The SMILES string of the molecule is O=C1CN(c2ccc(Cl)c([N+](=O)[O-])c2)CC(=O)N1. The van der Waals surface area contributed by atoms with Gasteiger partial charge in [-0.3, -0.25) is 25.0 Å². The van der Waals surface area contributed by atoms with Crippen molar-refractivity contribution in [3.05, 3.63) is 33.3 Å². The van der Waals surface area contributed by atoms with E-state index in [1.165, 1.54) is 23.1 Å². The average molecular weight is 270 g/mol. The Morgan fingerprint density at radius 2 is 1.89 bits per heavy atom. The summed E-state index contributed by atoms with van der Waals surface area (Å²) in [6.45, 7) is -0.0466. The van der Waals surface area contributed by atoms with E-state index in [2.05, 4.69) is 5.32 Å². The van der Waals surface area contributed by atoms with Gasteiger partial charge in [-0.2, -0.15) is 0 Å². The van der Waals surface area contributed by atoms with Crippen molar-refractivity contribution in [1.82, 2.24) is 5.32 Å². The number of anilines is 1. The number of carbonyl (C=O) groups is 2. The standard InChI is InChI=1S/C10H8ClN3O4/c11-7-2-1-6(3-8(7)14(17)18)13-4-9(15)12-10(16)5-13/h1-3H,4-5H2,(H,12,15,16). The van der Waals surface area contributed by atoms with Crippen molar-refractivity contribution < 1.29 is 14.5 Å². The smallest absolute Gasteiger partial charge is 0.289 e. The summed E-state index contributed by atoms with van der Waals surface area (Å²) in [6.07, 6.45) is 0. The molecule has 0 aromatic heterocycles. The maximum absolute atomic E-state index is 11.2. The van der Waals surface area contributed by atoms with Gasteiger partial charge < -0.3 is 4.90 Å². The summed E-state index contributed by atoms with van der Waals surface area (Å²) in [4.78, 5) is 34.0. The highest BCUT2D eigenvalue weighted by molar-refractivity contribution is 6.32. The number of hydrogen-bond donors (Lipinski definition) is 1. The number of halogens is 1. The maximum Gasteiger partial charge on any atom is 0.289 e. The summed E-state index contributed by atoms with van der Waals surface area (Å²) >= 11 is 5.68. The van der Waals surface area contributed by atoms with Crippen LogP contribution in [0.5, 0.6) is 0 Å². The number of amides is 2. The first-order chi connectivity index (χ1) is 8.47. The monoisotopic (exact) mass is 269 g/mol. The number of carbonyl (C=O) groups excluding carboxylic acids is 2. The molecule has 2 rings (SSSR count). The van der Waals surface area contributed by atoms with Gasteiger partial charge in [0.1, 0.15) is 5.02 Å². The zero-order valence-electron chi connectivity index (χ0n) is 9.05. The van der Waals surface area contributed by atoms with Crippen LogP contribution in [0.4, 0.5) is 11.4 Å². The Balaban J connectivity index is 2.33. The van der Waals surface area contributed by atoms with Crippen LogP contribution in [0.25, 0.3) is 0 Å². The van der Waals surface area contributed by atoms with Crippen LogP contribution in [0.2, 0.25) is 5.02 Å². The minimum Gasteiger partial charge on any atom is -0.353 e. The molecule has 7 nitrogen and oxygen atoms in total. The minimum absolute atomic E-state index is 0.0107. The molecule has 0 unspecified atom stereocenters. The minimum atomic E-state index is -0.613. The van der Waals surface area contributed by atoms with Crippen molar-refractivity contribution in [2.24, 2.45) is 0 Å². The van der Waals surface area contributed by atoms with Crippen LogP contribution >= 0.6 is 11.6 Å². The zero-order chi connectivity index (χ0) is 13.3. The molecule has 8 heteroatoms. The third kappa shape index (κ3) is 2.40. The summed E-state index contributed by atoms with van der Waals surface area (Å²) in [5.74, 6) is -0.882.